The van der Waals surface area contributed by atoms with Crippen molar-refractivity contribution >= 4 is 5.91 Å². The van der Waals surface area contributed by atoms with Gasteiger partial charge in [0.15, 0.2) is 0 Å². The number of nitrogens with one attached hydrogen (secondary N) is 1. The lowest BCUT2D eigenvalue weighted by atomic mass is 10.0. The van der Waals surface area contributed by atoms with Crippen LogP contribution in [-0.2, 0) is 4.79 Å². The van der Waals surface area contributed by atoms with Gasteiger partial charge in [0.2, 0.25) is 5.91 Å². The van der Waals surface area contributed by atoms with E-state index in [9.17, 15) is 4.79 Å². The quantitative estimate of drug-likeness (QED) is 0.726. The molecule has 0 heterocycles. The van der Waals surface area contributed by atoms with Gasteiger partial charge in [-0.3, -0.25) is 9.69 Å². The van der Waals surface area contributed by atoms with E-state index in [1.54, 1.807) is 0 Å². The summed E-state index contributed by atoms with van der Waals surface area (Å²) in [5.74, 6) is 0.165. The zero-order valence-corrected chi connectivity index (χ0v) is 11.8. The number of carbonyl (C=O) groups is 1. The van der Waals surface area contributed by atoms with Crippen molar-refractivity contribution in [3.8, 4) is 0 Å². The Balaban J connectivity index is 4.53. The van der Waals surface area contributed by atoms with E-state index in [1.165, 1.54) is 0 Å². The molecule has 0 bridgehead atoms. The van der Waals surface area contributed by atoms with E-state index in [-0.39, 0.29) is 17.5 Å². The number of hydrogen-bond acceptors (Lipinski definition) is 2. The molecule has 0 rings (SSSR count). The first-order valence-corrected chi connectivity index (χ1v) is 6.47. The smallest absolute Gasteiger partial charge is 0.237 e. The normalized spacial score (nSPS) is 13.9. The minimum absolute atomic E-state index is 0.0147. The van der Waals surface area contributed by atoms with Gasteiger partial charge in [0, 0.05) is 5.54 Å². The molecule has 0 aromatic heterocycles. The number of rotatable bonds is 7. The lowest BCUT2D eigenvalue weighted by Crippen LogP contribution is -2.52. The molecule has 1 amide bonds. The Hall–Kier alpha value is -0.570. The second-order valence-electron chi connectivity index (χ2n) is 4.87. The predicted molar refractivity (Wildman–Crippen MR) is 69.5 cm³/mol. The summed E-state index contributed by atoms with van der Waals surface area (Å²) in [4.78, 5) is 14.4. The molecule has 0 aliphatic carbocycles. The standard InChI is InChI=1S/C13H28N2O/c1-7-11(15(9-3)10-4)12(16)14-13(5,6)8-2/h11H,7-10H2,1-6H3,(H,14,16). The van der Waals surface area contributed by atoms with Crippen molar-refractivity contribution in [2.75, 3.05) is 13.1 Å². The van der Waals surface area contributed by atoms with Gasteiger partial charge in [-0.1, -0.05) is 27.7 Å². The molecule has 0 saturated carbocycles. The third-order valence-corrected chi connectivity index (χ3v) is 3.29. The molecular weight excluding hydrogens is 200 g/mol. The Morgan fingerprint density at radius 3 is 2.00 bits per heavy atom. The molecule has 3 heteroatoms. The highest BCUT2D eigenvalue weighted by Gasteiger charge is 2.26. The summed E-state index contributed by atoms with van der Waals surface area (Å²) in [7, 11) is 0. The monoisotopic (exact) mass is 228 g/mol. The topological polar surface area (TPSA) is 32.3 Å². The zero-order valence-electron chi connectivity index (χ0n) is 11.8. The van der Waals surface area contributed by atoms with E-state index >= 15 is 0 Å². The van der Waals surface area contributed by atoms with Crippen LogP contribution in [0.25, 0.3) is 0 Å². The van der Waals surface area contributed by atoms with Gasteiger partial charge >= 0.3 is 0 Å². The number of likely N-dealkylation sites (N-methyl/N-ethyl adjacent to an activating group) is 1. The molecule has 0 aromatic carbocycles. The molecule has 1 unspecified atom stereocenters. The SMILES string of the molecule is CCC(C(=O)NC(C)(C)CC)N(CC)CC. The van der Waals surface area contributed by atoms with Gasteiger partial charge in [0.1, 0.15) is 0 Å². The molecule has 16 heavy (non-hydrogen) atoms. The summed E-state index contributed by atoms with van der Waals surface area (Å²) in [5, 5.41) is 3.13. The molecule has 0 fully saturated rings. The summed E-state index contributed by atoms with van der Waals surface area (Å²) in [6.07, 6.45) is 1.82. The first kappa shape index (κ1) is 15.4. The number of carbonyl (C=O) groups excluding carboxylic acids is 1. The fraction of sp³-hybridized carbons (Fsp3) is 0.923. The highest BCUT2D eigenvalue weighted by Crippen LogP contribution is 2.10. The third kappa shape index (κ3) is 4.52. The van der Waals surface area contributed by atoms with Gasteiger partial charge in [0.05, 0.1) is 6.04 Å². The fourth-order valence-electron chi connectivity index (χ4n) is 1.78. The van der Waals surface area contributed by atoms with Crippen LogP contribution in [-0.4, -0.2) is 35.5 Å². The van der Waals surface area contributed by atoms with Gasteiger partial charge in [-0.2, -0.15) is 0 Å². The first-order chi connectivity index (χ1) is 7.41. The molecule has 0 spiro atoms. The summed E-state index contributed by atoms with van der Waals surface area (Å²) >= 11 is 0. The van der Waals surface area contributed by atoms with E-state index in [0.29, 0.717) is 0 Å². The Morgan fingerprint density at radius 1 is 1.19 bits per heavy atom. The van der Waals surface area contributed by atoms with Crippen LogP contribution in [0.15, 0.2) is 0 Å². The maximum Gasteiger partial charge on any atom is 0.237 e. The molecular formula is C13H28N2O. The second kappa shape index (κ2) is 6.89. The summed E-state index contributed by atoms with van der Waals surface area (Å²) in [6, 6.07) is 0.0147. The number of hydrogen-bond donors (Lipinski definition) is 1. The Bertz CT molecular complexity index is 210. The number of amides is 1. The van der Waals surface area contributed by atoms with Crippen LogP contribution in [0.1, 0.15) is 54.4 Å². The lowest BCUT2D eigenvalue weighted by Gasteiger charge is -2.32. The van der Waals surface area contributed by atoms with Crippen LogP contribution in [0.2, 0.25) is 0 Å². The highest BCUT2D eigenvalue weighted by molar-refractivity contribution is 5.82. The van der Waals surface area contributed by atoms with Crippen molar-refractivity contribution in [1.82, 2.24) is 10.2 Å². The molecule has 0 aromatic rings. The Labute approximate surface area is 101 Å². The zero-order chi connectivity index (χ0) is 12.8. The van der Waals surface area contributed by atoms with Crippen LogP contribution in [0, 0.1) is 0 Å². The van der Waals surface area contributed by atoms with Gasteiger partial charge in [0.25, 0.3) is 0 Å². The fourth-order valence-corrected chi connectivity index (χ4v) is 1.78. The number of nitrogens with zero attached hydrogens (tertiary/aromatic N) is 1. The second-order valence-corrected chi connectivity index (χ2v) is 4.87. The molecule has 0 radical (unpaired) electrons. The van der Waals surface area contributed by atoms with E-state index in [2.05, 4.69) is 51.8 Å². The van der Waals surface area contributed by atoms with Crippen molar-refractivity contribution in [2.24, 2.45) is 0 Å². The molecule has 1 N–H and O–H groups in total. The van der Waals surface area contributed by atoms with Gasteiger partial charge < -0.3 is 5.32 Å². The lowest BCUT2D eigenvalue weighted by molar-refractivity contribution is -0.128. The molecule has 1 atom stereocenters. The molecule has 96 valence electrons. The van der Waals surface area contributed by atoms with Crippen molar-refractivity contribution in [3.05, 3.63) is 0 Å². The first-order valence-electron chi connectivity index (χ1n) is 6.47. The minimum Gasteiger partial charge on any atom is -0.350 e. The van der Waals surface area contributed by atoms with Crippen molar-refractivity contribution in [1.29, 1.82) is 0 Å². The summed E-state index contributed by atoms with van der Waals surface area (Å²) in [5.41, 5.74) is -0.0995. The van der Waals surface area contributed by atoms with Crippen molar-refractivity contribution in [2.45, 2.75) is 66.0 Å². The maximum atomic E-state index is 12.2. The Morgan fingerprint density at radius 2 is 1.69 bits per heavy atom. The molecule has 0 saturated heterocycles. The van der Waals surface area contributed by atoms with Crippen LogP contribution in [0.4, 0.5) is 0 Å². The minimum atomic E-state index is -0.0995. The van der Waals surface area contributed by atoms with E-state index in [0.717, 1.165) is 25.9 Å². The largest absolute Gasteiger partial charge is 0.350 e. The maximum absolute atomic E-state index is 12.2. The average molecular weight is 228 g/mol. The summed E-state index contributed by atoms with van der Waals surface area (Å²) in [6.45, 7) is 14.4. The summed E-state index contributed by atoms with van der Waals surface area (Å²) < 4.78 is 0. The average Bonchev–Trinajstić information content (AvgIpc) is 2.24. The molecule has 0 aliphatic heterocycles. The van der Waals surface area contributed by atoms with Crippen LogP contribution >= 0.6 is 0 Å². The van der Waals surface area contributed by atoms with Crippen LogP contribution in [0.5, 0.6) is 0 Å². The third-order valence-electron chi connectivity index (χ3n) is 3.29. The van der Waals surface area contributed by atoms with Gasteiger partial charge in [-0.05, 0) is 39.8 Å². The molecule has 3 nitrogen and oxygen atoms in total. The van der Waals surface area contributed by atoms with Crippen LogP contribution in [0.3, 0.4) is 0 Å². The van der Waals surface area contributed by atoms with E-state index < -0.39 is 0 Å². The molecule has 0 aliphatic rings. The van der Waals surface area contributed by atoms with Crippen LogP contribution < -0.4 is 5.32 Å². The van der Waals surface area contributed by atoms with Crippen molar-refractivity contribution in [3.63, 3.8) is 0 Å². The predicted octanol–water partition coefficient (Wildman–Crippen LogP) is 2.41. The van der Waals surface area contributed by atoms with Gasteiger partial charge in [-0.25, -0.2) is 0 Å². The van der Waals surface area contributed by atoms with Gasteiger partial charge in [-0.15, -0.1) is 0 Å². The highest BCUT2D eigenvalue weighted by atomic mass is 16.2. The van der Waals surface area contributed by atoms with E-state index in [1.807, 2.05) is 0 Å². The Kier molecular flexibility index (Phi) is 6.65. The van der Waals surface area contributed by atoms with Crippen molar-refractivity contribution < 1.29 is 4.79 Å². The van der Waals surface area contributed by atoms with E-state index in [4.69, 9.17) is 0 Å².